The molecule has 5 nitrogen and oxygen atoms in total. The van der Waals surface area contributed by atoms with Crippen LogP contribution in [0, 0.1) is 6.92 Å². The van der Waals surface area contributed by atoms with E-state index in [0.717, 1.165) is 17.0 Å². The molecule has 5 rings (SSSR count). The molecule has 136 valence electrons. The van der Waals surface area contributed by atoms with E-state index in [1.54, 1.807) is 22.7 Å². The summed E-state index contributed by atoms with van der Waals surface area (Å²) in [6.07, 6.45) is 2.25. The maximum Gasteiger partial charge on any atom is 0.271 e. The quantitative estimate of drug-likeness (QED) is 0.500. The van der Waals surface area contributed by atoms with Gasteiger partial charge in [-0.15, -0.1) is 34.0 Å². The number of carbonyl (C=O) groups excluding carboxylic acids is 1. The van der Waals surface area contributed by atoms with E-state index in [1.807, 2.05) is 28.7 Å². The number of carbonyl (C=O) groups is 1. The zero-order valence-corrected chi connectivity index (χ0v) is 16.9. The standard InChI is InChI=1S/C19H15N3O2S3/c1-11-10-27-19-20-9-13(18(24)22(11)19)17(23)21-6-4-14-12(5-8-26-14)16(21)15-3-2-7-25-15/h2-3,5,7-10,16H,4,6H2,1H3. The van der Waals surface area contributed by atoms with E-state index in [9.17, 15) is 9.59 Å². The predicted molar refractivity (Wildman–Crippen MR) is 109 cm³/mol. The van der Waals surface area contributed by atoms with Gasteiger partial charge in [-0.1, -0.05) is 6.07 Å². The van der Waals surface area contributed by atoms with Gasteiger partial charge in [0.25, 0.3) is 11.5 Å². The number of hydrogen-bond donors (Lipinski definition) is 0. The van der Waals surface area contributed by atoms with Crippen molar-refractivity contribution in [1.82, 2.24) is 14.3 Å². The van der Waals surface area contributed by atoms with Gasteiger partial charge in [0, 0.05) is 33.6 Å². The van der Waals surface area contributed by atoms with Crippen LogP contribution in [0.2, 0.25) is 0 Å². The third kappa shape index (κ3) is 2.59. The molecule has 4 aromatic heterocycles. The van der Waals surface area contributed by atoms with E-state index >= 15 is 0 Å². The van der Waals surface area contributed by atoms with Gasteiger partial charge in [0.05, 0.1) is 6.04 Å². The van der Waals surface area contributed by atoms with Crippen LogP contribution in [0.1, 0.15) is 37.4 Å². The first-order valence-corrected chi connectivity index (χ1v) is 11.2. The number of thiazole rings is 1. The highest BCUT2D eigenvalue weighted by atomic mass is 32.1. The molecule has 0 spiro atoms. The fourth-order valence-corrected chi connectivity index (χ4v) is 6.20. The lowest BCUT2D eigenvalue weighted by atomic mass is 9.97. The highest BCUT2D eigenvalue weighted by Crippen LogP contribution is 2.39. The summed E-state index contributed by atoms with van der Waals surface area (Å²) in [4.78, 5) is 35.6. The van der Waals surface area contributed by atoms with E-state index < -0.39 is 0 Å². The summed E-state index contributed by atoms with van der Waals surface area (Å²) < 4.78 is 1.53. The Bertz CT molecular complexity index is 1200. The second-order valence-electron chi connectivity index (χ2n) is 6.44. The first-order chi connectivity index (χ1) is 13.1. The minimum Gasteiger partial charge on any atom is -0.326 e. The molecule has 1 atom stereocenters. The highest BCUT2D eigenvalue weighted by Gasteiger charge is 2.35. The molecule has 1 aliphatic heterocycles. The molecule has 0 aliphatic carbocycles. The third-order valence-electron chi connectivity index (χ3n) is 4.89. The zero-order chi connectivity index (χ0) is 18.5. The summed E-state index contributed by atoms with van der Waals surface area (Å²) >= 11 is 4.78. The van der Waals surface area contributed by atoms with Crippen LogP contribution < -0.4 is 5.56 Å². The van der Waals surface area contributed by atoms with Gasteiger partial charge in [-0.3, -0.25) is 14.0 Å². The number of nitrogens with zero attached hydrogens (tertiary/aromatic N) is 3. The second kappa shape index (κ2) is 6.40. The molecule has 1 amide bonds. The number of amides is 1. The molecule has 0 N–H and O–H groups in total. The minimum absolute atomic E-state index is 0.134. The van der Waals surface area contributed by atoms with Crippen molar-refractivity contribution in [2.45, 2.75) is 19.4 Å². The van der Waals surface area contributed by atoms with Crippen molar-refractivity contribution < 1.29 is 4.79 Å². The Kier molecular flexibility index (Phi) is 3.99. The molecule has 0 fully saturated rings. The number of aromatic nitrogens is 2. The van der Waals surface area contributed by atoms with E-state index in [2.05, 4.69) is 22.5 Å². The van der Waals surface area contributed by atoms with Crippen molar-refractivity contribution in [3.05, 3.63) is 77.5 Å². The lowest BCUT2D eigenvalue weighted by molar-refractivity contribution is 0.0696. The van der Waals surface area contributed by atoms with Crippen LogP contribution >= 0.6 is 34.0 Å². The normalized spacial score (nSPS) is 16.6. The maximum absolute atomic E-state index is 13.4. The van der Waals surface area contributed by atoms with Gasteiger partial charge < -0.3 is 4.90 Å². The van der Waals surface area contributed by atoms with Crippen LogP contribution in [-0.2, 0) is 6.42 Å². The summed E-state index contributed by atoms with van der Waals surface area (Å²) in [5, 5.41) is 5.98. The highest BCUT2D eigenvalue weighted by molar-refractivity contribution is 7.15. The van der Waals surface area contributed by atoms with Crippen molar-refractivity contribution in [2.24, 2.45) is 0 Å². The number of rotatable bonds is 2. The van der Waals surface area contributed by atoms with Crippen molar-refractivity contribution in [3.8, 4) is 0 Å². The van der Waals surface area contributed by atoms with E-state index in [4.69, 9.17) is 0 Å². The minimum atomic E-state index is -0.287. The Labute approximate surface area is 167 Å². The van der Waals surface area contributed by atoms with E-state index in [-0.39, 0.29) is 23.1 Å². The lowest BCUT2D eigenvalue weighted by Gasteiger charge is -2.35. The monoisotopic (exact) mass is 413 g/mol. The molecule has 0 radical (unpaired) electrons. The Morgan fingerprint density at radius 2 is 2.11 bits per heavy atom. The molecular formula is C19H15N3O2S3. The smallest absolute Gasteiger partial charge is 0.271 e. The van der Waals surface area contributed by atoms with Crippen LogP contribution in [0.25, 0.3) is 4.96 Å². The van der Waals surface area contributed by atoms with Crippen LogP contribution in [0.15, 0.2) is 45.3 Å². The summed E-state index contributed by atoms with van der Waals surface area (Å²) in [5.74, 6) is -0.247. The summed E-state index contributed by atoms with van der Waals surface area (Å²) in [5.41, 5.74) is 1.82. The van der Waals surface area contributed by atoms with Gasteiger partial charge in [-0.25, -0.2) is 4.98 Å². The number of aryl methyl sites for hydroxylation is 1. The van der Waals surface area contributed by atoms with Gasteiger partial charge in [0.2, 0.25) is 0 Å². The molecule has 4 aromatic rings. The predicted octanol–water partition coefficient (Wildman–Crippen LogP) is 3.98. The topological polar surface area (TPSA) is 54.7 Å². The molecular weight excluding hydrogens is 398 g/mol. The first-order valence-electron chi connectivity index (χ1n) is 8.51. The summed E-state index contributed by atoms with van der Waals surface area (Å²) in [7, 11) is 0. The Morgan fingerprint density at radius 3 is 2.93 bits per heavy atom. The Hall–Kier alpha value is -2.29. The van der Waals surface area contributed by atoms with Gasteiger partial charge in [0.15, 0.2) is 4.96 Å². The first kappa shape index (κ1) is 16.9. The zero-order valence-electron chi connectivity index (χ0n) is 14.4. The molecule has 0 saturated carbocycles. The molecule has 8 heteroatoms. The molecule has 0 saturated heterocycles. The number of thiophene rings is 2. The molecule has 0 bridgehead atoms. The SMILES string of the molecule is Cc1csc2ncc(C(=O)N3CCc4sccc4C3c3cccs3)c(=O)n12. The van der Waals surface area contributed by atoms with Gasteiger partial charge in [0.1, 0.15) is 5.56 Å². The van der Waals surface area contributed by atoms with Crippen molar-refractivity contribution in [2.75, 3.05) is 6.54 Å². The maximum atomic E-state index is 13.4. The Morgan fingerprint density at radius 1 is 1.22 bits per heavy atom. The average molecular weight is 414 g/mol. The van der Waals surface area contributed by atoms with Gasteiger partial charge >= 0.3 is 0 Å². The van der Waals surface area contributed by atoms with Gasteiger partial charge in [-0.2, -0.15) is 0 Å². The van der Waals surface area contributed by atoms with Crippen molar-refractivity contribution >= 4 is 44.9 Å². The number of fused-ring (bicyclic) bond motifs is 2. The van der Waals surface area contributed by atoms with Crippen LogP contribution in [0.5, 0.6) is 0 Å². The largest absolute Gasteiger partial charge is 0.326 e. The van der Waals surface area contributed by atoms with E-state index in [0.29, 0.717) is 11.5 Å². The molecule has 27 heavy (non-hydrogen) atoms. The molecule has 5 heterocycles. The summed E-state index contributed by atoms with van der Waals surface area (Å²) in [6, 6.07) is 6.01. The molecule has 1 aliphatic rings. The summed E-state index contributed by atoms with van der Waals surface area (Å²) in [6.45, 7) is 2.45. The average Bonchev–Trinajstić information content (AvgIpc) is 3.41. The lowest BCUT2D eigenvalue weighted by Crippen LogP contribution is -2.42. The van der Waals surface area contributed by atoms with Crippen molar-refractivity contribution in [3.63, 3.8) is 0 Å². The Balaban J connectivity index is 1.63. The van der Waals surface area contributed by atoms with Crippen LogP contribution in [-0.4, -0.2) is 26.7 Å². The fraction of sp³-hybridized carbons (Fsp3) is 0.211. The van der Waals surface area contributed by atoms with E-state index in [1.165, 1.54) is 32.4 Å². The second-order valence-corrected chi connectivity index (χ2v) is 9.25. The third-order valence-corrected chi connectivity index (χ3v) is 7.77. The van der Waals surface area contributed by atoms with Gasteiger partial charge in [-0.05, 0) is 41.8 Å². The van der Waals surface area contributed by atoms with Crippen molar-refractivity contribution in [1.29, 1.82) is 0 Å². The molecule has 1 unspecified atom stereocenters. The molecule has 0 aromatic carbocycles. The van der Waals surface area contributed by atoms with Crippen LogP contribution in [0.3, 0.4) is 0 Å². The number of hydrogen-bond acceptors (Lipinski definition) is 6. The van der Waals surface area contributed by atoms with Crippen LogP contribution in [0.4, 0.5) is 0 Å². The fourth-order valence-electron chi connectivity index (χ4n) is 3.62.